The first-order valence-electron chi connectivity index (χ1n) is 9.22. The van der Waals surface area contributed by atoms with Crippen LogP contribution in [-0.2, 0) is 9.59 Å². The average Bonchev–Trinajstić information content (AvgIpc) is 2.97. The lowest BCUT2D eigenvalue weighted by atomic mass is 10.1. The average molecular weight is 375 g/mol. The zero-order valence-corrected chi connectivity index (χ0v) is 16.0. The molecule has 2 amide bonds. The summed E-state index contributed by atoms with van der Waals surface area (Å²) in [7, 11) is 0. The molecule has 7 heteroatoms. The minimum Gasteiger partial charge on any atom is -0.368 e. The minimum absolute atomic E-state index is 0.0571. The zero-order valence-electron chi connectivity index (χ0n) is 15.1. The Hall–Kier alpha value is -2.02. The predicted octanol–water partition coefficient (Wildman–Crippen LogP) is 2.24. The number of hydrazone groups is 1. The van der Waals surface area contributed by atoms with Gasteiger partial charge in [-0.25, -0.2) is 0 Å². The number of primary amides is 1. The zero-order chi connectivity index (χ0) is 18.5. The van der Waals surface area contributed by atoms with Gasteiger partial charge >= 0.3 is 0 Å². The summed E-state index contributed by atoms with van der Waals surface area (Å²) >= 11 is 1.91. The van der Waals surface area contributed by atoms with Crippen LogP contribution in [0.4, 0.5) is 5.69 Å². The van der Waals surface area contributed by atoms with Gasteiger partial charge in [0.1, 0.15) is 11.8 Å². The maximum atomic E-state index is 13.1. The maximum absolute atomic E-state index is 13.1. The monoisotopic (exact) mass is 374 g/mol. The molecule has 1 aromatic rings. The molecule has 1 aromatic carbocycles. The summed E-state index contributed by atoms with van der Waals surface area (Å²) < 4.78 is 0. The molecule has 0 saturated carbocycles. The Morgan fingerprint density at radius 2 is 2.04 bits per heavy atom. The molecule has 6 nitrogen and oxygen atoms in total. The van der Waals surface area contributed by atoms with Crippen molar-refractivity contribution in [1.29, 1.82) is 0 Å². The van der Waals surface area contributed by atoms with Gasteiger partial charge < -0.3 is 10.6 Å². The van der Waals surface area contributed by atoms with Crippen LogP contribution in [0.1, 0.15) is 32.6 Å². The van der Waals surface area contributed by atoms with E-state index in [-0.39, 0.29) is 12.3 Å². The molecule has 2 atom stereocenters. The number of nitrogens with zero attached hydrogens (tertiary/aromatic N) is 3. The second-order valence-electron chi connectivity index (χ2n) is 6.67. The molecule has 140 valence electrons. The normalized spacial score (nSPS) is 23.5. The molecule has 26 heavy (non-hydrogen) atoms. The molecule has 1 saturated heterocycles. The Bertz CT molecular complexity index is 679. The molecule has 0 unspecified atom stereocenters. The molecule has 2 aliphatic rings. The van der Waals surface area contributed by atoms with Gasteiger partial charge in [0.25, 0.3) is 5.91 Å². The number of likely N-dealkylation sites (tertiary alicyclic amines) is 1. The first-order valence-corrected chi connectivity index (χ1v) is 10.3. The number of carbonyl (C=O) groups is 2. The van der Waals surface area contributed by atoms with Gasteiger partial charge in [-0.1, -0.05) is 31.5 Å². The molecule has 2 heterocycles. The highest BCUT2D eigenvalue weighted by molar-refractivity contribution is 7.99. The molecule has 0 radical (unpaired) electrons. The van der Waals surface area contributed by atoms with E-state index in [9.17, 15) is 9.59 Å². The molecule has 0 aliphatic carbocycles. The van der Waals surface area contributed by atoms with Gasteiger partial charge in [-0.15, -0.1) is 0 Å². The van der Waals surface area contributed by atoms with Crippen molar-refractivity contribution in [2.75, 3.05) is 23.9 Å². The van der Waals surface area contributed by atoms with Gasteiger partial charge in [-0.05, 0) is 30.7 Å². The smallest absolute Gasteiger partial charge is 0.270 e. The third-order valence-corrected chi connectivity index (χ3v) is 6.01. The first kappa shape index (κ1) is 18.8. The number of para-hydroxylation sites is 1. The van der Waals surface area contributed by atoms with E-state index in [2.05, 4.69) is 12.0 Å². The highest BCUT2D eigenvalue weighted by atomic mass is 32.2. The topological polar surface area (TPSA) is 79.0 Å². The minimum atomic E-state index is -0.607. The van der Waals surface area contributed by atoms with Crippen molar-refractivity contribution in [2.24, 2.45) is 10.8 Å². The number of benzene rings is 1. The number of hydrogen-bond acceptors (Lipinski definition) is 5. The first-order chi connectivity index (χ1) is 12.6. The van der Waals surface area contributed by atoms with Gasteiger partial charge in [-0.3, -0.25) is 14.6 Å². The number of nitrogens with two attached hydrogens (primary N) is 1. The largest absolute Gasteiger partial charge is 0.368 e. The van der Waals surface area contributed by atoms with Crippen molar-refractivity contribution < 1.29 is 9.59 Å². The van der Waals surface area contributed by atoms with Gasteiger partial charge in [0.15, 0.2) is 0 Å². The molecule has 0 spiro atoms. The van der Waals surface area contributed by atoms with E-state index in [1.807, 2.05) is 47.0 Å². The molecule has 0 aromatic heterocycles. The fraction of sp³-hybridized carbons (Fsp3) is 0.526. The number of rotatable bonds is 5. The number of anilines is 1. The van der Waals surface area contributed by atoms with Gasteiger partial charge in [0, 0.05) is 24.8 Å². The summed E-state index contributed by atoms with van der Waals surface area (Å²) in [5.41, 5.74) is 6.77. The summed E-state index contributed by atoms with van der Waals surface area (Å²) in [6.07, 6.45) is 3.58. The van der Waals surface area contributed by atoms with Crippen molar-refractivity contribution in [1.82, 2.24) is 4.90 Å². The van der Waals surface area contributed by atoms with Gasteiger partial charge in [-0.2, -0.15) is 16.9 Å². The molecule has 2 N–H and O–H groups in total. The van der Waals surface area contributed by atoms with Crippen LogP contribution in [0.5, 0.6) is 0 Å². The van der Waals surface area contributed by atoms with E-state index in [0.29, 0.717) is 11.0 Å². The maximum Gasteiger partial charge on any atom is 0.270 e. The van der Waals surface area contributed by atoms with Gasteiger partial charge in [0.05, 0.1) is 5.69 Å². The fourth-order valence-corrected chi connectivity index (χ4v) is 4.61. The molecule has 0 bridgehead atoms. The van der Waals surface area contributed by atoms with Crippen LogP contribution in [-0.4, -0.2) is 52.6 Å². The summed E-state index contributed by atoms with van der Waals surface area (Å²) in [5.74, 6) is 0.535. The number of hydrogen-bond donors (Lipinski definition) is 1. The molecular weight excluding hydrogens is 348 g/mol. The van der Waals surface area contributed by atoms with E-state index in [1.54, 1.807) is 5.01 Å². The Morgan fingerprint density at radius 3 is 2.73 bits per heavy atom. The SMILES string of the molecule is CCS[C@H]1CCCCN(C(=O)C2=NN(c3ccccc3)[C@@H](C(N)=O)C2)C1. The van der Waals surface area contributed by atoms with Crippen molar-refractivity contribution >= 4 is 35.0 Å². The van der Waals surface area contributed by atoms with Crippen LogP contribution < -0.4 is 10.7 Å². The number of thioether (sulfide) groups is 1. The third-order valence-electron chi connectivity index (χ3n) is 4.82. The second kappa shape index (κ2) is 8.58. The number of amides is 2. The number of carbonyl (C=O) groups excluding carboxylic acids is 2. The highest BCUT2D eigenvalue weighted by Crippen LogP contribution is 2.26. The summed E-state index contributed by atoms with van der Waals surface area (Å²) in [6.45, 7) is 3.66. The Labute approximate surface area is 158 Å². The Morgan fingerprint density at radius 1 is 1.27 bits per heavy atom. The molecule has 2 aliphatic heterocycles. The van der Waals surface area contributed by atoms with Crippen molar-refractivity contribution in [2.45, 2.75) is 43.9 Å². The quantitative estimate of drug-likeness (QED) is 0.857. The van der Waals surface area contributed by atoms with Crippen LogP contribution in [0.3, 0.4) is 0 Å². The molecule has 1 fully saturated rings. The van der Waals surface area contributed by atoms with E-state index >= 15 is 0 Å². The summed E-state index contributed by atoms with van der Waals surface area (Å²) in [6, 6.07) is 8.79. The lowest BCUT2D eigenvalue weighted by Crippen LogP contribution is -2.41. The standard InChI is InChI=1S/C19H26N4O2S/c1-2-26-15-10-6-7-11-22(13-15)19(25)16-12-17(18(20)24)23(21-16)14-8-4-3-5-9-14/h3-5,8-9,15,17H,2,6-7,10-13H2,1H3,(H2,20,24)/t15-,17+/m0/s1. The summed E-state index contributed by atoms with van der Waals surface area (Å²) in [4.78, 5) is 26.9. The van der Waals surface area contributed by atoms with E-state index < -0.39 is 11.9 Å². The fourth-order valence-electron chi connectivity index (χ4n) is 3.52. The lowest BCUT2D eigenvalue weighted by molar-refractivity contribution is -0.124. The Balaban J connectivity index is 1.79. The molecule has 3 rings (SSSR count). The van der Waals surface area contributed by atoms with E-state index in [1.165, 1.54) is 0 Å². The second-order valence-corrected chi connectivity index (χ2v) is 8.25. The molecular formula is C19H26N4O2S. The van der Waals surface area contributed by atoms with Gasteiger partial charge in [0.2, 0.25) is 5.91 Å². The Kier molecular flexibility index (Phi) is 6.19. The van der Waals surface area contributed by atoms with Crippen molar-refractivity contribution in [3.05, 3.63) is 30.3 Å². The van der Waals surface area contributed by atoms with E-state index in [4.69, 9.17) is 5.73 Å². The van der Waals surface area contributed by atoms with Crippen molar-refractivity contribution in [3.8, 4) is 0 Å². The van der Waals surface area contributed by atoms with Crippen LogP contribution in [0.2, 0.25) is 0 Å². The van der Waals surface area contributed by atoms with Crippen LogP contribution in [0, 0.1) is 0 Å². The van der Waals surface area contributed by atoms with Crippen LogP contribution in [0.15, 0.2) is 35.4 Å². The summed E-state index contributed by atoms with van der Waals surface area (Å²) in [5, 5.41) is 6.56. The van der Waals surface area contributed by atoms with Crippen LogP contribution in [0.25, 0.3) is 0 Å². The highest BCUT2D eigenvalue weighted by Gasteiger charge is 2.37. The van der Waals surface area contributed by atoms with E-state index in [0.717, 1.165) is 43.8 Å². The van der Waals surface area contributed by atoms with Crippen LogP contribution >= 0.6 is 11.8 Å². The van der Waals surface area contributed by atoms with Crippen molar-refractivity contribution in [3.63, 3.8) is 0 Å². The lowest BCUT2D eigenvalue weighted by Gasteiger charge is -2.23. The predicted molar refractivity (Wildman–Crippen MR) is 106 cm³/mol. The third kappa shape index (κ3) is 4.20.